The maximum absolute atomic E-state index is 13.3. The number of aliphatic carboxylic acids is 1. The molecule has 11 heteroatoms. The number of anilines is 2. The Bertz CT molecular complexity index is 1710. The van der Waals surface area contributed by atoms with Gasteiger partial charge in [-0.15, -0.1) is 0 Å². The first-order chi connectivity index (χ1) is 22.5. The molecule has 0 saturated carbocycles. The number of amides is 1. The summed E-state index contributed by atoms with van der Waals surface area (Å²) >= 11 is 0. The van der Waals surface area contributed by atoms with Crippen molar-refractivity contribution in [2.45, 2.75) is 45.1 Å². The van der Waals surface area contributed by atoms with Crippen LogP contribution in [-0.2, 0) is 22.7 Å². The molecule has 4 aromatic rings. The van der Waals surface area contributed by atoms with Crippen LogP contribution in [0.25, 0.3) is 4.85 Å². The first-order valence-corrected chi connectivity index (χ1v) is 14.8. The number of hydrogen-bond donors (Lipinski definition) is 3. The van der Waals surface area contributed by atoms with Crippen molar-refractivity contribution in [3.05, 3.63) is 125 Å². The molecular formula is C36H36F2N4O5. The van der Waals surface area contributed by atoms with Gasteiger partial charge in [0, 0.05) is 29.9 Å². The zero-order valence-electron chi connectivity index (χ0n) is 26.2. The van der Waals surface area contributed by atoms with Crippen LogP contribution < -0.4 is 20.1 Å². The van der Waals surface area contributed by atoms with Crippen molar-refractivity contribution in [3.8, 4) is 11.5 Å². The molecule has 0 fully saturated rings. The van der Waals surface area contributed by atoms with Crippen molar-refractivity contribution in [1.82, 2.24) is 4.90 Å². The predicted octanol–water partition coefficient (Wildman–Crippen LogP) is 7.85. The van der Waals surface area contributed by atoms with Gasteiger partial charge < -0.3 is 30.1 Å². The lowest BCUT2D eigenvalue weighted by atomic mass is 9.92. The minimum Gasteiger partial charge on any atom is -0.489 e. The van der Waals surface area contributed by atoms with E-state index in [-0.39, 0.29) is 24.7 Å². The topological polar surface area (TPSA) is 104 Å². The molecule has 4 rings (SSSR count). The highest BCUT2D eigenvalue weighted by Crippen LogP contribution is 2.34. The highest BCUT2D eigenvalue weighted by Gasteiger charge is 2.24. The van der Waals surface area contributed by atoms with Crippen molar-refractivity contribution in [3.63, 3.8) is 0 Å². The van der Waals surface area contributed by atoms with Gasteiger partial charge >= 0.3 is 12.6 Å². The van der Waals surface area contributed by atoms with Crippen molar-refractivity contribution in [1.29, 1.82) is 0 Å². The quantitative estimate of drug-likeness (QED) is 0.114. The number of rotatable bonds is 15. The van der Waals surface area contributed by atoms with E-state index >= 15 is 0 Å². The molecule has 2 atom stereocenters. The first kappa shape index (κ1) is 34.4. The molecule has 0 spiro atoms. The second-order valence-corrected chi connectivity index (χ2v) is 11.2. The molecule has 0 radical (unpaired) electrons. The molecular weight excluding hydrogens is 606 g/mol. The van der Waals surface area contributed by atoms with Gasteiger partial charge in [-0.05, 0) is 79.2 Å². The van der Waals surface area contributed by atoms with Gasteiger partial charge in [0.1, 0.15) is 18.1 Å². The Hall–Kier alpha value is -5.47. The Balaban J connectivity index is 1.59. The first-order valence-electron chi connectivity index (χ1n) is 14.8. The second-order valence-electron chi connectivity index (χ2n) is 11.2. The van der Waals surface area contributed by atoms with Gasteiger partial charge in [-0.1, -0.05) is 55.5 Å². The van der Waals surface area contributed by atoms with Crippen LogP contribution in [0, 0.1) is 6.57 Å². The van der Waals surface area contributed by atoms with Crippen molar-refractivity contribution < 1.29 is 33.0 Å². The number of carbonyl (C=O) groups excluding carboxylic acids is 1. The summed E-state index contributed by atoms with van der Waals surface area (Å²) in [4.78, 5) is 30.8. The monoisotopic (exact) mass is 642 g/mol. The maximum atomic E-state index is 13.3. The van der Waals surface area contributed by atoms with Crippen LogP contribution in [-0.4, -0.2) is 42.6 Å². The van der Waals surface area contributed by atoms with E-state index in [4.69, 9.17) is 11.3 Å². The van der Waals surface area contributed by atoms with Gasteiger partial charge in [-0.3, -0.25) is 4.79 Å². The van der Waals surface area contributed by atoms with Crippen LogP contribution in [0.15, 0.2) is 91.0 Å². The molecule has 244 valence electrons. The zero-order chi connectivity index (χ0) is 33.9. The Kier molecular flexibility index (Phi) is 11.9. The van der Waals surface area contributed by atoms with Crippen LogP contribution >= 0.6 is 0 Å². The average molecular weight is 643 g/mol. The predicted molar refractivity (Wildman–Crippen MR) is 176 cm³/mol. The molecule has 0 saturated heterocycles. The van der Waals surface area contributed by atoms with Gasteiger partial charge in [-0.25, -0.2) is 9.64 Å². The van der Waals surface area contributed by atoms with Crippen LogP contribution in [0.3, 0.4) is 0 Å². The summed E-state index contributed by atoms with van der Waals surface area (Å²) in [6.45, 7) is 6.60. The molecule has 0 aliphatic carbocycles. The van der Waals surface area contributed by atoms with Gasteiger partial charge in [0.05, 0.1) is 6.57 Å². The minimum absolute atomic E-state index is 0.0205. The van der Waals surface area contributed by atoms with Crippen molar-refractivity contribution in [2.24, 2.45) is 0 Å². The minimum atomic E-state index is -2.98. The van der Waals surface area contributed by atoms with Crippen LogP contribution in [0.5, 0.6) is 11.5 Å². The molecule has 0 aliphatic rings. The highest BCUT2D eigenvalue weighted by molar-refractivity contribution is 5.91. The molecule has 0 aromatic heterocycles. The largest absolute Gasteiger partial charge is 0.489 e. The number of nitrogens with one attached hydrogen (secondary N) is 2. The standard InChI is InChI=1S/C36H36F2N4O5/c1-23(18-33(43)40-29-15-17-31(47-36(37)38)26(19-29)21-42(3)4)30-20-25(10-16-32(30)46-22-24-8-6-5-7-9-24)34(35(44)45)41-28-13-11-27(39-2)12-14-28/h5-17,19-20,23,34,36,41H,18,21-22H2,1,3-4H3,(H,40,43)(H,44,45)/t23-,34?/m1/s1. The van der Waals surface area contributed by atoms with E-state index in [2.05, 4.69) is 20.2 Å². The molecule has 0 heterocycles. The number of carboxylic acid groups (broad SMARTS) is 1. The Labute approximate surface area is 272 Å². The van der Waals surface area contributed by atoms with Gasteiger partial charge in [-0.2, -0.15) is 8.78 Å². The average Bonchev–Trinajstić information content (AvgIpc) is 3.04. The Morgan fingerprint density at radius 3 is 2.26 bits per heavy atom. The third kappa shape index (κ3) is 10.0. The third-order valence-electron chi connectivity index (χ3n) is 7.23. The number of carbonyl (C=O) groups is 2. The summed E-state index contributed by atoms with van der Waals surface area (Å²) in [7, 11) is 3.58. The Morgan fingerprint density at radius 1 is 0.936 bits per heavy atom. The van der Waals surface area contributed by atoms with E-state index in [0.29, 0.717) is 46.0 Å². The Morgan fingerprint density at radius 2 is 1.62 bits per heavy atom. The smallest absolute Gasteiger partial charge is 0.387 e. The van der Waals surface area contributed by atoms with E-state index in [1.165, 1.54) is 12.1 Å². The summed E-state index contributed by atoms with van der Waals surface area (Å²) in [5, 5.41) is 16.0. The number of hydrogen-bond acceptors (Lipinski definition) is 6. The zero-order valence-corrected chi connectivity index (χ0v) is 26.2. The molecule has 1 unspecified atom stereocenters. The van der Waals surface area contributed by atoms with E-state index in [0.717, 1.165) is 5.56 Å². The normalized spacial score (nSPS) is 12.2. The molecule has 9 nitrogen and oxygen atoms in total. The fourth-order valence-corrected chi connectivity index (χ4v) is 5.02. The molecule has 0 aliphatic heterocycles. The molecule has 0 bridgehead atoms. The lowest BCUT2D eigenvalue weighted by Crippen LogP contribution is -2.21. The number of carboxylic acids is 1. The van der Waals surface area contributed by atoms with Gasteiger partial charge in [0.2, 0.25) is 5.91 Å². The fraction of sp³-hybridized carbons (Fsp3) is 0.250. The van der Waals surface area contributed by atoms with Gasteiger partial charge in [0.15, 0.2) is 11.7 Å². The van der Waals surface area contributed by atoms with Crippen molar-refractivity contribution in [2.75, 3.05) is 24.7 Å². The number of benzene rings is 4. The molecule has 47 heavy (non-hydrogen) atoms. The summed E-state index contributed by atoms with van der Waals surface area (Å²) < 4.78 is 36.7. The van der Waals surface area contributed by atoms with E-state index in [9.17, 15) is 23.5 Å². The van der Waals surface area contributed by atoms with Gasteiger partial charge in [0.25, 0.3) is 0 Å². The lowest BCUT2D eigenvalue weighted by molar-refractivity contribution is -0.138. The fourth-order valence-electron chi connectivity index (χ4n) is 5.02. The van der Waals surface area contributed by atoms with Crippen LogP contribution in [0.1, 0.15) is 47.6 Å². The highest BCUT2D eigenvalue weighted by atomic mass is 19.3. The summed E-state index contributed by atoms with van der Waals surface area (Å²) in [6.07, 6.45) is 0.0205. The number of nitrogens with zero attached hydrogens (tertiary/aromatic N) is 2. The summed E-state index contributed by atoms with van der Waals surface area (Å²) in [5.74, 6) is -1.31. The van der Waals surface area contributed by atoms with Crippen LogP contribution in [0.4, 0.5) is 25.8 Å². The van der Waals surface area contributed by atoms with E-state index < -0.39 is 24.5 Å². The number of ether oxygens (including phenoxy) is 2. The molecule has 1 amide bonds. The number of alkyl halides is 2. The summed E-state index contributed by atoms with van der Waals surface area (Å²) in [6, 6.07) is 24.5. The second kappa shape index (κ2) is 16.2. The maximum Gasteiger partial charge on any atom is 0.387 e. The molecule has 4 aromatic carbocycles. The SMILES string of the molecule is [C-]#[N+]c1ccc(NC(C(=O)O)c2ccc(OCc3ccccc3)c([C@H](C)CC(=O)Nc3ccc(OC(F)F)c(CN(C)C)c3)c2)cc1. The van der Waals surface area contributed by atoms with Crippen molar-refractivity contribution >= 4 is 28.9 Å². The summed E-state index contributed by atoms with van der Waals surface area (Å²) in [5.41, 5.74) is 3.90. The number of halogens is 2. The third-order valence-corrected chi connectivity index (χ3v) is 7.23. The van der Waals surface area contributed by atoms with E-state index in [1.54, 1.807) is 67.5 Å². The lowest BCUT2D eigenvalue weighted by Gasteiger charge is -2.22. The van der Waals surface area contributed by atoms with Crippen LogP contribution in [0.2, 0.25) is 0 Å². The molecule has 3 N–H and O–H groups in total. The van der Waals surface area contributed by atoms with E-state index in [1.807, 2.05) is 37.3 Å².